The lowest BCUT2D eigenvalue weighted by molar-refractivity contribution is 0.00819. The van der Waals surface area contributed by atoms with Crippen LogP contribution in [0.15, 0.2) is 0 Å². The van der Waals surface area contributed by atoms with Gasteiger partial charge in [0.1, 0.15) is 0 Å². The lowest BCUT2D eigenvalue weighted by Crippen LogP contribution is -2.19. The second-order valence-corrected chi connectivity index (χ2v) is 14.6. The number of rotatable bonds is 36. The molecule has 268 valence electrons. The lowest BCUT2D eigenvalue weighted by atomic mass is 9.85. The van der Waals surface area contributed by atoms with Gasteiger partial charge in [0.2, 0.25) is 0 Å². The van der Waals surface area contributed by atoms with Crippen molar-refractivity contribution >= 4 is 34.5 Å². The molecule has 0 spiro atoms. The van der Waals surface area contributed by atoms with Gasteiger partial charge in [-0.15, -0.1) is 0 Å². The van der Waals surface area contributed by atoms with Crippen molar-refractivity contribution < 1.29 is 24.4 Å². The Morgan fingerprint density at radius 1 is 0.444 bits per heavy atom. The van der Waals surface area contributed by atoms with E-state index >= 15 is 0 Å². The zero-order valence-electron chi connectivity index (χ0n) is 30.0. The van der Waals surface area contributed by atoms with E-state index in [1.54, 1.807) is 0 Å². The third-order valence-corrected chi connectivity index (χ3v) is 9.85. The highest BCUT2D eigenvalue weighted by Crippen LogP contribution is 2.27. The van der Waals surface area contributed by atoms with E-state index in [1.165, 1.54) is 116 Å². The highest BCUT2D eigenvalue weighted by Gasteiger charge is 2.20. The predicted molar refractivity (Wildman–Crippen MR) is 201 cm³/mol. The monoisotopic (exact) mass is 674 g/mol. The standard InChI is InChI=1S/C38H74O5S2/c1-5-7-9-11-13-15-17-19-21-33(3)35(31-37(39)44)23-25-41-27-29-43-30-28-42-26-24-36(32-38(40)45)34(4)22-20-18-16-14-12-10-8-6-2/h33-36H,5-32H2,1-4H3,(H,39,44)(H,40,45). The van der Waals surface area contributed by atoms with Crippen molar-refractivity contribution in [3.63, 3.8) is 0 Å². The van der Waals surface area contributed by atoms with Crippen LogP contribution in [0.1, 0.15) is 169 Å². The summed E-state index contributed by atoms with van der Waals surface area (Å²) in [6.45, 7) is 12.7. The number of thiocarbonyl (C=S) groups is 2. The largest absolute Gasteiger partial charge is 0.502 e. The zero-order valence-corrected chi connectivity index (χ0v) is 31.7. The van der Waals surface area contributed by atoms with Crippen molar-refractivity contribution in [3.05, 3.63) is 0 Å². The summed E-state index contributed by atoms with van der Waals surface area (Å²) in [4.78, 5) is 0. The summed E-state index contributed by atoms with van der Waals surface area (Å²) in [7, 11) is 0. The molecule has 0 aromatic carbocycles. The summed E-state index contributed by atoms with van der Waals surface area (Å²) >= 11 is 10.1. The normalized spacial score (nSPS) is 14.3. The molecule has 4 unspecified atom stereocenters. The van der Waals surface area contributed by atoms with Crippen LogP contribution in [0.2, 0.25) is 0 Å². The van der Waals surface area contributed by atoms with Crippen molar-refractivity contribution in [2.75, 3.05) is 39.6 Å². The van der Waals surface area contributed by atoms with E-state index < -0.39 is 0 Å². The van der Waals surface area contributed by atoms with Crippen molar-refractivity contribution in [3.8, 4) is 0 Å². The van der Waals surface area contributed by atoms with Crippen LogP contribution in [0.25, 0.3) is 0 Å². The minimum Gasteiger partial charge on any atom is -0.502 e. The second-order valence-electron chi connectivity index (χ2n) is 13.6. The van der Waals surface area contributed by atoms with Gasteiger partial charge < -0.3 is 24.4 Å². The lowest BCUT2D eigenvalue weighted by Gasteiger charge is -2.23. The molecule has 4 atom stereocenters. The average Bonchev–Trinajstić information content (AvgIpc) is 3.00. The fourth-order valence-electron chi connectivity index (χ4n) is 6.31. The first-order chi connectivity index (χ1) is 21.8. The summed E-state index contributed by atoms with van der Waals surface area (Å²) in [5.74, 6) is 1.81. The molecular weight excluding hydrogens is 601 g/mol. The van der Waals surface area contributed by atoms with Crippen molar-refractivity contribution in [2.24, 2.45) is 23.7 Å². The average molecular weight is 675 g/mol. The van der Waals surface area contributed by atoms with E-state index in [9.17, 15) is 10.2 Å². The Kier molecular flexibility index (Phi) is 33.3. The first-order valence-corrected chi connectivity index (χ1v) is 19.8. The van der Waals surface area contributed by atoms with Crippen LogP contribution >= 0.6 is 24.4 Å². The van der Waals surface area contributed by atoms with E-state index in [-0.39, 0.29) is 10.1 Å². The molecule has 0 fully saturated rings. The Balaban J connectivity index is 3.95. The van der Waals surface area contributed by atoms with Crippen LogP contribution in [-0.2, 0) is 14.2 Å². The molecular formula is C38H74O5S2. The smallest absolute Gasteiger partial charge is 0.156 e. The molecule has 0 aliphatic rings. The zero-order chi connectivity index (χ0) is 33.4. The fourth-order valence-corrected chi connectivity index (χ4v) is 6.74. The van der Waals surface area contributed by atoms with Crippen molar-refractivity contribution in [1.82, 2.24) is 0 Å². The Morgan fingerprint density at radius 3 is 1.04 bits per heavy atom. The second kappa shape index (κ2) is 33.6. The van der Waals surface area contributed by atoms with Gasteiger partial charge in [-0.1, -0.05) is 143 Å². The predicted octanol–water partition coefficient (Wildman–Crippen LogP) is 11.9. The summed E-state index contributed by atoms with van der Waals surface area (Å²) < 4.78 is 17.4. The van der Waals surface area contributed by atoms with E-state index in [4.69, 9.17) is 38.6 Å². The number of hydrogen-bond donors (Lipinski definition) is 2. The number of ether oxygens (including phenoxy) is 3. The highest BCUT2D eigenvalue weighted by atomic mass is 32.1. The SMILES string of the molecule is CCCCCCCCCCC(C)C(CCOCCOCCOCCC(CC(O)=S)C(C)CCCCCCCCCC)CC(O)=S. The van der Waals surface area contributed by atoms with Gasteiger partial charge in [-0.2, -0.15) is 0 Å². The van der Waals surface area contributed by atoms with Gasteiger partial charge in [-0.05, 0) is 60.9 Å². The summed E-state index contributed by atoms with van der Waals surface area (Å²) in [6, 6.07) is 0. The van der Waals surface area contributed by atoms with Crippen molar-refractivity contribution in [1.29, 1.82) is 0 Å². The molecule has 0 aliphatic carbocycles. The van der Waals surface area contributed by atoms with Crippen molar-refractivity contribution in [2.45, 2.75) is 169 Å². The third kappa shape index (κ3) is 30.7. The van der Waals surface area contributed by atoms with E-state index in [1.807, 2.05) is 0 Å². The topological polar surface area (TPSA) is 68.2 Å². The molecule has 0 amide bonds. The molecule has 0 bridgehead atoms. The summed E-state index contributed by atoms with van der Waals surface area (Å²) in [6.07, 6.45) is 26.8. The Morgan fingerprint density at radius 2 is 0.733 bits per heavy atom. The summed E-state index contributed by atoms with van der Waals surface area (Å²) in [5.41, 5.74) is 0. The van der Waals surface area contributed by atoms with Gasteiger partial charge in [0.05, 0.1) is 26.4 Å². The number of aliphatic hydroxyl groups excluding tert-OH is 2. The number of aliphatic hydroxyl groups is 2. The van der Waals surface area contributed by atoms with Gasteiger partial charge >= 0.3 is 0 Å². The molecule has 0 rings (SSSR count). The van der Waals surface area contributed by atoms with Crippen LogP contribution < -0.4 is 0 Å². The minimum atomic E-state index is 0.120. The Hall–Kier alpha value is -0.340. The van der Waals surface area contributed by atoms with Crippen LogP contribution in [0.3, 0.4) is 0 Å². The van der Waals surface area contributed by atoms with Crippen LogP contribution in [0, 0.1) is 23.7 Å². The molecule has 0 aromatic heterocycles. The maximum absolute atomic E-state index is 9.76. The van der Waals surface area contributed by atoms with Gasteiger partial charge in [0.25, 0.3) is 0 Å². The molecule has 0 radical (unpaired) electrons. The molecule has 2 N–H and O–H groups in total. The third-order valence-electron chi connectivity index (χ3n) is 9.52. The van der Waals surface area contributed by atoms with Crippen LogP contribution in [-0.4, -0.2) is 60.0 Å². The first-order valence-electron chi connectivity index (χ1n) is 19.0. The number of hydrogen-bond acceptors (Lipinski definition) is 5. The number of unbranched alkanes of at least 4 members (excludes halogenated alkanes) is 14. The highest BCUT2D eigenvalue weighted by molar-refractivity contribution is 7.80. The molecule has 0 saturated heterocycles. The van der Waals surface area contributed by atoms with Gasteiger partial charge in [-0.3, -0.25) is 0 Å². The van der Waals surface area contributed by atoms with Crippen LogP contribution in [0.4, 0.5) is 0 Å². The maximum Gasteiger partial charge on any atom is 0.156 e. The molecule has 0 heterocycles. The van der Waals surface area contributed by atoms with E-state index in [0.29, 0.717) is 76.2 Å². The molecule has 7 heteroatoms. The molecule has 5 nitrogen and oxygen atoms in total. The maximum atomic E-state index is 9.76. The fraction of sp³-hybridized carbons (Fsp3) is 0.947. The Bertz CT molecular complexity index is 608. The van der Waals surface area contributed by atoms with Gasteiger partial charge in [-0.25, -0.2) is 0 Å². The van der Waals surface area contributed by atoms with E-state index in [2.05, 4.69) is 27.7 Å². The molecule has 0 aromatic rings. The van der Waals surface area contributed by atoms with Gasteiger partial charge in [0.15, 0.2) is 10.1 Å². The van der Waals surface area contributed by atoms with E-state index in [0.717, 1.165) is 12.8 Å². The summed E-state index contributed by atoms with van der Waals surface area (Å²) in [5, 5.41) is 19.8. The van der Waals surface area contributed by atoms with Crippen LogP contribution in [0.5, 0.6) is 0 Å². The minimum absolute atomic E-state index is 0.120. The molecule has 0 aliphatic heterocycles. The quantitative estimate of drug-likeness (QED) is 0.0506. The molecule has 45 heavy (non-hydrogen) atoms. The van der Waals surface area contributed by atoms with Gasteiger partial charge in [0, 0.05) is 26.1 Å². The first kappa shape index (κ1) is 44.7. The Labute approximate surface area is 290 Å². The molecule has 0 saturated carbocycles.